The van der Waals surface area contributed by atoms with E-state index in [4.69, 9.17) is 39.9 Å². The SMILES string of the molecule is COc1ccc(CC2NC(=O)/C=C/C[C@@H]([C@H](C)[C@H]3O[C@@H]3c3ccc(CNC(=O)[C@H](C)NC(=O)[C@@H](NC(=O)CCN(CCC(=O)ON4C(=O)CCC4=O)C(=O)CCC(=O)NCCS(=O)(=O)O)C(C)C)cc3)OC(=O)[C@H](CC(C)C)OC(=O)C(C)(C)CNC2=O)cc1Cl. The third-order valence-electron chi connectivity index (χ3n) is 15.1. The number of benzene rings is 2. The summed E-state index contributed by atoms with van der Waals surface area (Å²) in [5.74, 6) is -10.0. The lowest BCUT2D eigenvalue weighted by Gasteiger charge is -2.29. The van der Waals surface area contributed by atoms with Gasteiger partial charge in [0.05, 0.1) is 35.8 Å². The van der Waals surface area contributed by atoms with E-state index in [-0.39, 0.29) is 64.2 Å². The van der Waals surface area contributed by atoms with Crippen molar-refractivity contribution in [1.82, 2.24) is 41.9 Å². The van der Waals surface area contributed by atoms with Gasteiger partial charge in [-0.05, 0) is 73.9 Å². The molecule has 1 unspecified atom stereocenters. The largest absolute Gasteiger partial charge is 0.495 e. The summed E-state index contributed by atoms with van der Waals surface area (Å²) in [6.07, 6.45) is -2.20. The number of carbonyl (C=O) groups is 12. The highest BCUT2D eigenvalue weighted by Gasteiger charge is 2.48. The molecule has 0 radical (unpaired) electrons. The Labute approximate surface area is 533 Å². The zero-order valence-corrected chi connectivity index (χ0v) is 54.0. The molecule has 3 heterocycles. The van der Waals surface area contributed by atoms with Crippen LogP contribution in [0.15, 0.2) is 54.6 Å². The van der Waals surface area contributed by atoms with Crippen molar-refractivity contribution in [3.05, 3.63) is 76.3 Å². The number of esters is 2. The fraction of sp³-hybridized carbons (Fsp3) is 0.574. The monoisotopic (exact) mass is 1310 g/mol. The third kappa shape index (κ3) is 23.6. The van der Waals surface area contributed by atoms with Gasteiger partial charge in [-0.2, -0.15) is 8.42 Å². The maximum absolute atomic E-state index is 14.0. The van der Waals surface area contributed by atoms with Crippen LogP contribution in [0.3, 0.4) is 0 Å². The zero-order chi connectivity index (χ0) is 67.5. The molecule has 8 atom stereocenters. The predicted molar refractivity (Wildman–Crippen MR) is 324 cm³/mol. The van der Waals surface area contributed by atoms with Gasteiger partial charge in [-0.25, -0.2) is 9.59 Å². The molecule has 28 nitrogen and oxygen atoms in total. The Balaban J connectivity index is 1.17. The fourth-order valence-electron chi connectivity index (χ4n) is 9.55. The second-order valence-electron chi connectivity index (χ2n) is 23.9. The average Bonchev–Trinajstić information content (AvgIpc) is 1.66. The van der Waals surface area contributed by atoms with E-state index >= 15 is 0 Å². The van der Waals surface area contributed by atoms with Gasteiger partial charge in [-0.1, -0.05) is 82.6 Å². The summed E-state index contributed by atoms with van der Waals surface area (Å²) < 4.78 is 54.4. The molecule has 2 aromatic carbocycles. The van der Waals surface area contributed by atoms with Gasteiger partial charge in [-0.15, -0.1) is 5.06 Å². The normalized spacial score (nSPS) is 21.0. The number of hydrogen-bond donors (Lipinski definition) is 7. The number of ether oxygens (including phenoxy) is 4. The van der Waals surface area contributed by atoms with Gasteiger partial charge in [0, 0.05) is 83.6 Å². The molecule has 2 aromatic rings. The van der Waals surface area contributed by atoms with Crippen LogP contribution in [0.2, 0.25) is 5.02 Å². The molecule has 3 aliphatic heterocycles. The Kier molecular flexibility index (Phi) is 27.4. The minimum absolute atomic E-state index is 0.0413. The van der Waals surface area contributed by atoms with E-state index in [2.05, 4.69) is 31.9 Å². The topological polar surface area (TPSA) is 387 Å². The molecule has 0 bridgehead atoms. The number of hydroxylamine groups is 2. The number of epoxide rings is 1. The molecule has 91 heavy (non-hydrogen) atoms. The molecule has 0 saturated carbocycles. The highest BCUT2D eigenvalue weighted by atomic mass is 35.5. The number of hydrogen-bond acceptors (Lipinski definition) is 19. The first-order valence-corrected chi connectivity index (χ1v) is 31.9. The van der Waals surface area contributed by atoms with Crippen molar-refractivity contribution in [2.75, 3.05) is 39.0 Å². The van der Waals surface area contributed by atoms with E-state index < -0.39 is 179 Å². The van der Waals surface area contributed by atoms with Crippen LogP contribution >= 0.6 is 11.6 Å². The van der Waals surface area contributed by atoms with E-state index in [0.717, 1.165) is 10.5 Å². The van der Waals surface area contributed by atoms with Crippen molar-refractivity contribution in [1.29, 1.82) is 0 Å². The zero-order valence-electron chi connectivity index (χ0n) is 52.5. The van der Waals surface area contributed by atoms with Crippen molar-refractivity contribution in [2.45, 2.75) is 162 Å². The third-order valence-corrected chi connectivity index (χ3v) is 16.1. The minimum atomic E-state index is -4.37. The molecule has 0 aliphatic carbocycles. The smallest absolute Gasteiger partial charge is 0.347 e. The van der Waals surface area contributed by atoms with Gasteiger partial charge in [0.25, 0.3) is 21.9 Å². The van der Waals surface area contributed by atoms with Gasteiger partial charge in [-0.3, -0.25) is 52.5 Å². The molecule has 9 amide bonds. The number of halogens is 1. The highest BCUT2D eigenvalue weighted by Crippen LogP contribution is 2.45. The standard InChI is InChI=1S/C61H83ClN8O20S/c1-34(2)29-45-59(81)87-43(11-10-12-47(72)67-42(31-39-15-18-44(86-9)41(62)30-39)57(79)65-33-61(7,8)60(82)88-45)36(5)54-55(89-54)40-16-13-38(14-17-40)32-64-56(78)37(6)66-58(80)53(35(3)4)68-48(73)23-26-69(27-24-52(77)90-70-50(75)21-22-51(70)76)49(74)20-19-46(71)63-25-28-91(83,84)85/h10,12-18,30,34-37,42-43,45,53-55H,11,19-29,31-33H2,1-9H3,(H,63,71)(H,64,78)(H,65,79)(H,66,80)(H,67,72)(H,68,73)(H,83,84,85)/b12-10+/t36-,37-,42?,43-,45-,53-,54+,55+/m0/s1. The molecular formula is C61H83ClN8O20S. The quantitative estimate of drug-likeness (QED) is 0.0278. The van der Waals surface area contributed by atoms with Gasteiger partial charge >= 0.3 is 17.9 Å². The maximum atomic E-state index is 14.0. The molecule has 3 aliphatic rings. The maximum Gasteiger partial charge on any atom is 0.347 e. The lowest BCUT2D eigenvalue weighted by molar-refractivity contribution is -0.197. The lowest BCUT2D eigenvalue weighted by atomic mass is 9.92. The summed E-state index contributed by atoms with van der Waals surface area (Å²) in [6.45, 7) is 12.2. The van der Waals surface area contributed by atoms with Gasteiger partial charge in [0.1, 0.15) is 36.1 Å². The number of nitrogens with one attached hydrogen (secondary N) is 6. The second-order valence-corrected chi connectivity index (χ2v) is 25.9. The number of rotatable bonds is 28. The van der Waals surface area contributed by atoms with E-state index in [1.54, 1.807) is 58.0 Å². The first kappa shape index (κ1) is 73.7. The van der Waals surface area contributed by atoms with Crippen molar-refractivity contribution in [2.24, 2.45) is 23.2 Å². The molecular weight excluding hydrogens is 1230 g/mol. The van der Waals surface area contributed by atoms with Crippen LogP contribution in [-0.4, -0.2) is 169 Å². The minimum Gasteiger partial charge on any atom is -0.495 e. The summed E-state index contributed by atoms with van der Waals surface area (Å²) in [5, 5.41) is 16.4. The van der Waals surface area contributed by atoms with Gasteiger partial charge in [0.15, 0.2) is 6.10 Å². The number of nitrogens with zero attached hydrogens (tertiary/aromatic N) is 2. The molecule has 0 aromatic heterocycles. The summed E-state index contributed by atoms with van der Waals surface area (Å²) in [6, 6.07) is 8.81. The first-order valence-electron chi connectivity index (χ1n) is 29.9. The van der Waals surface area contributed by atoms with Crippen LogP contribution in [0.25, 0.3) is 0 Å². The van der Waals surface area contributed by atoms with Crippen LogP contribution in [0.4, 0.5) is 0 Å². The van der Waals surface area contributed by atoms with Crippen molar-refractivity contribution >= 4 is 92.8 Å². The number of imide groups is 1. The van der Waals surface area contributed by atoms with Crippen LogP contribution in [0.5, 0.6) is 5.75 Å². The number of carbonyl (C=O) groups excluding carboxylic acids is 12. The molecule has 5 rings (SSSR count). The van der Waals surface area contributed by atoms with Crippen LogP contribution in [0, 0.1) is 23.2 Å². The van der Waals surface area contributed by atoms with Gasteiger partial charge < -0.3 is 60.6 Å². The van der Waals surface area contributed by atoms with E-state index in [1.165, 1.54) is 26.2 Å². The Morgan fingerprint density at radius 1 is 0.835 bits per heavy atom. The summed E-state index contributed by atoms with van der Waals surface area (Å²) in [7, 11) is -2.90. The van der Waals surface area contributed by atoms with Gasteiger partial charge in [0.2, 0.25) is 41.4 Å². The summed E-state index contributed by atoms with van der Waals surface area (Å²) >= 11 is 6.38. The fourth-order valence-corrected chi connectivity index (χ4v) is 10.2. The van der Waals surface area contributed by atoms with E-state index in [0.29, 0.717) is 27.0 Å². The first-order chi connectivity index (χ1) is 42.7. The Hall–Kier alpha value is -8.02. The number of amides is 9. The van der Waals surface area contributed by atoms with Crippen molar-refractivity contribution in [3.63, 3.8) is 0 Å². The van der Waals surface area contributed by atoms with Crippen molar-refractivity contribution < 1.29 is 94.3 Å². The van der Waals surface area contributed by atoms with Crippen LogP contribution < -0.4 is 36.6 Å². The Morgan fingerprint density at radius 3 is 2.12 bits per heavy atom. The Bertz CT molecular complexity index is 3140. The second kappa shape index (κ2) is 33.9. The summed E-state index contributed by atoms with van der Waals surface area (Å²) in [5.41, 5.74) is 0.770. The number of methoxy groups -OCH3 is 1. The lowest BCUT2D eigenvalue weighted by Crippen LogP contribution is -2.54. The van der Waals surface area contributed by atoms with Crippen LogP contribution in [-0.2, 0) is 99.7 Å². The van der Waals surface area contributed by atoms with Crippen molar-refractivity contribution in [3.8, 4) is 5.75 Å². The average molecular weight is 1320 g/mol. The van der Waals surface area contributed by atoms with E-state index in [9.17, 15) is 66.0 Å². The molecule has 7 N–H and O–H groups in total. The highest BCUT2D eigenvalue weighted by molar-refractivity contribution is 7.85. The molecule has 0 spiro atoms. The molecule has 500 valence electrons. The van der Waals surface area contributed by atoms with E-state index in [1.807, 2.05) is 32.9 Å². The van der Waals surface area contributed by atoms with Crippen LogP contribution in [0.1, 0.15) is 130 Å². The molecule has 30 heteroatoms. The number of cyclic esters (lactones) is 2. The molecule has 2 saturated heterocycles. The molecule has 2 fully saturated rings. The Morgan fingerprint density at radius 2 is 1.49 bits per heavy atom. The summed E-state index contributed by atoms with van der Waals surface area (Å²) in [4.78, 5) is 163. The predicted octanol–water partition coefficient (Wildman–Crippen LogP) is 2.39.